The average Bonchev–Trinajstić information content (AvgIpc) is 2.24. The van der Waals surface area contributed by atoms with E-state index < -0.39 is 15.0 Å². The van der Waals surface area contributed by atoms with Crippen LogP contribution in [-0.4, -0.2) is 20.9 Å². The van der Waals surface area contributed by atoms with E-state index in [9.17, 15) is 13.2 Å². The van der Waals surface area contributed by atoms with Crippen molar-refractivity contribution in [1.29, 1.82) is 0 Å². The highest BCUT2D eigenvalue weighted by atomic mass is 35.7. The van der Waals surface area contributed by atoms with E-state index in [1.165, 1.54) is 18.2 Å². The minimum absolute atomic E-state index is 0.0795. The molecule has 0 unspecified atom stereocenters. The highest BCUT2D eigenvalue weighted by Crippen LogP contribution is 2.18. The van der Waals surface area contributed by atoms with E-state index in [1.807, 2.05) is 0 Å². The second-order valence-electron chi connectivity index (χ2n) is 3.30. The van der Waals surface area contributed by atoms with E-state index in [0.29, 0.717) is 5.56 Å². The molecule has 0 bridgehead atoms. The SMILES string of the molecule is C#CCNC(=O)c1cc(S(=O)(=O)Cl)ccc1C. The summed E-state index contributed by atoms with van der Waals surface area (Å²) in [5.41, 5.74) is 0.880. The fraction of sp³-hybridized carbons (Fsp3) is 0.182. The summed E-state index contributed by atoms with van der Waals surface area (Å²) in [5.74, 6) is 1.83. The van der Waals surface area contributed by atoms with Gasteiger partial charge in [-0.3, -0.25) is 4.79 Å². The Balaban J connectivity index is 3.16. The van der Waals surface area contributed by atoms with Gasteiger partial charge >= 0.3 is 0 Å². The van der Waals surface area contributed by atoms with Gasteiger partial charge in [0.25, 0.3) is 15.0 Å². The quantitative estimate of drug-likeness (QED) is 0.665. The topological polar surface area (TPSA) is 63.2 Å². The number of hydrogen-bond donors (Lipinski definition) is 1. The van der Waals surface area contributed by atoms with Crippen LogP contribution < -0.4 is 5.32 Å². The Morgan fingerprint density at radius 3 is 2.71 bits per heavy atom. The number of carbonyl (C=O) groups is 1. The second kappa shape index (κ2) is 5.21. The zero-order valence-electron chi connectivity index (χ0n) is 9.03. The summed E-state index contributed by atoms with van der Waals surface area (Å²) >= 11 is 0. The standard InChI is InChI=1S/C11H10ClNO3S/c1-3-6-13-11(14)10-7-9(17(12,15)16)5-4-8(10)2/h1,4-5,7H,6H2,2H3,(H,13,14). The molecule has 0 spiro atoms. The molecule has 1 aromatic rings. The summed E-state index contributed by atoms with van der Waals surface area (Å²) < 4.78 is 22.3. The Kier molecular flexibility index (Phi) is 4.16. The summed E-state index contributed by atoms with van der Waals surface area (Å²) in [6.07, 6.45) is 5.01. The van der Waals surface area contributed by atoms with Crippen LogP contribution in [0.4, 0.5) is 0 Å². The maximum absolute atomic E-state index is 11.7. The Bertz CT molecular complexity index is 587. The van der Waals surface area contributed by atoms with Crippen molar-refractivity contribution in [3.63, 3.8) is 0 Å². The molecule has 0 aliphatic heterocycles. The van der Waals surface area contributed by atoms with E-state index in [2.05, 4.69) is 11.2 Å². The van der Waals surface area contributed by atoms with E-state index in [1.54, 1.807) is 6.92 Å². The van der Waals surface area contributed by atoms with Crippen LogP contribution in [0, 0.1) is 19.3 Å². The first kappa shape index (κ1) is 13.6. The van der Waals surface area contributed by atoms with Crippen LogP contribution in [0.1, 0.15) is 15.9 Å². The molecule has 0 aliphatic rings. The van der Waals surface area contributed by atoms with Crippen LogP contribution >= 0.6 is 10.7 Å². The van der Waals surface area contributed by atoms with Crippen molar-refractivity contribution in [2.24, 2.45) is 0 Å². The number of terminal acetylenes is 1. The van der Waals surface area contributed by atoms with E-state index in [-0.39, 0.29) is 17.0 Å². The zero-order valence-corrected chi connectivity index (χ0v) is 10.6. The van der Waals surface area contributed by atoms with E-state index in [4.69, 9.17) is 17.1 Å². The van der Waals surface area contributed by atoms with Gasteiger partial charge in [0.2, 0.25) is 0 Å². The Hall–Kier alpha value is -1.51. The molecule has 6 heteroatoms. The first-order valence-corrected chi connectivity index (χ1v) is 6.94. The molecule has 0 saturated heterocycles. The molecule has 1 aromatic carbocycles. The van der Waals surface area contributed by atoms with E-state index in [0.717, 1.165) is 0 Å². The lowest BCUT2D eigenvalue weighted by molar-refractivity contribution is 0.0958. The molecule has 90 valence electrons. The molecule has 1 rings (SSSR count). The lowest BCUT2D eigenvalue weighted by Crippen LogP contribution is -2.24. The molecule has 0 saturated carbocycles. The Labute approximate surface area is 104 Å². The zero-order chi connectivity index (χ0) is 13.1. The third-order valence-electron chi connectivity index (χ3n) is 2.09. The fourth-order valence-corrected chi connectivity index (χ4v) is 2.00. The number of carbonyl (C=O) groups excluding carboxylic acids is 1. The van der Waals surface area contributed by atoms with Crippen LogP contribution in [0.25, 0.3) is 0 Å². The van der Waals surface area contributed by atoms with Crippen molar-refractivity contribution < 1.29 is 13.2 Å². The maximum Gasteiger partial charge on any atom is 0.261 e. The van der Waals surface area contributed by atoms with Gasteiger partial charge in [-0.15, -0.1) is 6.42 Å². The van der Waals surface area contributed by atoms with Crippen LogP contribution in [0.2, 0.25) is 0 Å². The predicted octanol–water partition coefficient (Wildman–Crippen LogP) is 1.29. The molecule has 1 N–H and O–H groups in total. The molecule has 0 radical (unpaired) electrons. The third-order valence-corrected chi connectivity index (χ3v) is 3.44. The van der Waals surface area contributed by atoms with Gasteiger partial charge in [-0.25, -0.2) is 8.42 Å². The van der Waals surface area contributed by atoms with Crippen LogP contribution in [0.15, 0.2) is 23.1 Å². The molecule has 0 aromatic heterocycles. The number of aryl methyl sites for hydroxylation is 1. The van der Waals surface area contributed by atoms with Gasteiger partial charge in [0.1, 0.15) is 0 Å². The maximum atomic E-state index is 11.7. The highest BCUT2D eigenvalue weighted by molar-refractivity contribution is 8.13. The minimum atomic E-state index is -3.84. The van der Waals surface area contributed by atoms with Crippen molar-refractivity contribution in [2.75, 3.05) is 6.54 Å². The summed E-state index contributed by atoms with van der Waals surface area (Å²) in [4.78, 5) is 11.5. The summed E-state index contributed by atoms with van der Waals surface area (Å²) in [7, 11) is 1.36. The largest absolute Gasteiger partial charge is 0.341 e. The summed E-state index contributed by atoms with van der Waals surface area (Å²) in [5, 5.41) is 2.46. The van der Waals surface area contributed by atoms with Gasteiger partial charge in [0.05, 0.1) is 11.4 Å². The van der Waals surface area contributed by atoms with Gasteiger partial charge in [-0.1, -0.05) is 12.0 Å². The summed E-state index contributed by atoms with van der Waals surface area (Å²) in [6.45, 7) is 1.77. The molecule has 0 atom stereocenters. The molecule has 0 fully saturated rings. The predicted molar refractivity (Wildman–Crippen MR) is 65.4 cm³/mol. The molecular weight excluding hydrogens is 262 g/mol. The average molecular weight is 272 g/mol. The number of halogens is 1. The summed E-state index contributed by atoms with van der Waals surface area (Å²) in [6, 6.07) is 4.08. The molecule has 0 heterocycles. The minimum Gasteiger partial charge on any atom is -0.341 e. The molecule has 4 nitrogen and oxygen atoms in total. The number of benzene rings is 1. The smallest absolute Gasteiger partial charge is 0.261 e. The van der Waals surface area contributed by atoms with E-state index >= 15 is 0 Å². The van der Waals surface area contributed by atoms with Crippen molar-refractivity contribution in [1.82, 2.24) is 5.32 Å². The fourth-order valence-electron chi connectivity index (χ4n) is 1.22. The normalized spacial score (nSPS) is 10.6. The van der Waals surface area contributed by atoms with Crippen molar-refractivity contribution in [3.05, 3.63) is 29.3 Å². The molecular formula is C11H10ClNO3S. The Morgan fingerprint density at radius 1 is 1.53 bits per heavy atom. The number of rotatable bonds is 3. The van der Waals surface area contributed by atoms with Gasteiger partial charge < -0.3 is 5.32 Å². The molecule has 1 amide bonds. The molecule has 0 aliphatic carbocycles. The van der Waals surface area contributed by atoms with Crippen molar-refractivity contribution >= 4 is 25.6 Å². The van der Waals surface area contributed by atoms with Crippen molar-refractivity contribution in [2.45, 2.75) is 11.8 Å². The van der Waals surface area contributed by atoms with Crippen molar-refractivity contribution in [3.8, 4) is 12.3 Å². The molecule has 17 heavy (non-hydrogen) atoms. The lowest BCUT2D eigenvalue weighted by atomic mass is 10.1. The number of nitrogens with one attached hydrogen (secondary N) is 1. The first-order valence-electron chi connectivity index (χ1n) is 4.63. The van der Waals surface area contributed by atoms with Crippen LogP contribution in [0.3, 0.4) is 0 Å². The highest BCUT2D eigenvalue weighted by Gasteiger charge is 2.15. The third kappa shape index (κ3) is 3.48. The first-order chi connectivity index (χ1) is 7.86. The number of amides is 1. The second-order valence-corrected chi connectivity index (χ2v) is 5.87. The van der Waals surface area contributed by atoms with Gasteiger partial charge in [0, 0.05) is 16.2 Å². The van der Waals surface area contributed by atoms with Gasteiger partial charge in [0.15, 0.2) is 0 Å². The Morgan fingerprint density at radius 2 is 2.18 bits per heavy atom. The van der Waals surface area contributed by atoms with Crippen LogP contribution in [-0.2, 0) is 9.05 Å². The van der Waals surface area contributed by atoms with Gasteiger partial charge in [-0.05, 0) is 24.6 Å². The van der Waals surface area contributed by atoms with Crippen LogP contribution in [0.5, 0.6) is 0 Å². The van der Waals surface area contributed by atoms with Gasteiger partial charge in [-0.2, -0.15) is 0 Å². The number of hydrogen-bond acceptors (Lipinski definition) is 3. The lowest BCUT2D eigenvalue weighted by Gasteiger charge is -2.06. The monoisotopic (exact) mass is 271 g/mol.